The molecule has 0 radical (unpaired) electrons. The maximum Gasteiger partial charge on any atom is 0.341 e. The van der Waals surface area contributed by atoms with Gasteiger partial charge in [-0.1, -0.05) is 12.1 Å². The molecule has 0 aliphatic carbocycles. The zero-order valence-electron chi connectivity index (χ0n) is 19.5. The van der Waals surface area contributed by atoms with E-state index in [4.69, 9.17) is 4.74 Å². The minimum absolute atomic E-state index is 0.0401. The second kappa shape index (κ2) is 10.8. The highest BCUT2D eigenvalue weighted by Crippen LogP contribution is 2.36. The van der Waals surface area contributed by atoms with Gasteiger partial charge in [-0.25, -0.2) is 9.18 Å². The Labute approximate surface area is 207 Å². The molecular formula is C26H26FN3O4S. The number of ether oxygens (including phenoxy) is 1. The van der Waals surface area contributed by atoms with Gasteiger partial charge in [-0.05, 0) is 48.9 Å². The second-order valence-corrected chi connectivity index (χ2v) is 9.15. The van der Waals surface area contributed by atoms with E-state index in [-0.39, 0.29) is 29.6 Å². The number of esters is 1. The minimum Gasteiger partial charge on any atom is -0.465 e. The molecule has 2 aromatic carbocycles. The molecule has 35 heavy (non-hydrogen) atoms. The van der Waals surface area contributed by atoms with Gasteiger partial charge in [0, 0.05) is 48.4 Å². The number of halogens is 1. The van der Waals surface area contributed by atoms with E-state index in [1.54, 1.807) is 24.4 Å². The van der Waals surface area contributed by atoms with Crippen LogP contribution in [-0.2, 0) is 9.53 Å². The first-order chi connectivity index (χ1) is 16.9. The predicted molar refractivity (Wildman–Crippen MR) is 135 cm³/mol. The summed E-state index contributed by atoms with van der Waals surface area (Å²) in [6.45, 7) is 4.67. The number of ketones is 1. The number of benzene rings is 2. The monoisotopic (exact) mass is 495 g/mol. The number of anilines is 2. The summed E-state index contributed by atoms with van der Waals surface area (Å²) >= 11 is 1.23. The van der Waals surface area contributed by atoms with E-state index in [2.05, 4.69) is 15.1 Å². The first kappa shape index (κ1) is 24.6. The van der Waals surface area contributed by atoms with E-state index in [1.807, 2.05) is 24.3 Å². The van der Waals surface area contributed by atoms with Crippen molar-refractivity contribution in [1.29, 1.82) is 0 Å². The van der Waals surface area contributed by atoms with Crippen molar-refractivity contribution < 1.29 is 23.5 Å². The molecule has 1 aromatic heterocycles. The van der Waals surface area contributed by atoms with Gasteiger partial charge in [-0.2, -0.15) is 0 Å². The van der Waals surface area contributed by atoms with Gasteiger partial charge in [0.15, 0.2) is 5.78 Å². The van der Waals surface area contributed by atoms with E-state index in [0.717, 1.165) is 18.8 Å². The summed E-state index contributed by atoms with van der Waals surface area (Å²) in [5, 5.41) is 5.01. The number of nitrogens with one attached hydrogen (secondary N) is 1. The molecule has 182 valence electrons. The van der Waals surface area contributed by atoms with Crippen LogP contribution in [0.2, 0.25) is 0 Å². The van der Waals surface area contributed by atoms with Gasteiger partial charge < -0.3 is 15.0 Å². The Morgan fingerprint density at radius 2 is 1.66 bits per heavy atom. The van der Waals surface area contributed by atoms with Crippen LogP contribution in [-0.4, -0.2) is 62.4 Å². The Kier molecular flexibility index (Phi) is 7.57. The van der Waals surface area contributed by atoms with Crippen molar-refractivity contribution in [3.05, 3.63) is 70.9 Å². The molecule has 1 aliphatic rings. The third-order valence-electron chi connectivity index (χ3n) is 5.97. The van der Waals surface area contributed by atoms with Crippen molar-refractivity contribution in [3.63, 3.8) is 0 Å². The first-order valence-electron chi connectivity index (χ1n) is 11.2. The second-order valence-electron chi connectivity index (χ2n) is 8.27. The molecule has 4 rings (SSSR count). The summed E-state index contributed by atoms with van der Waals surface area (Å²) in [5.41, 5.74) is 3.24. The molecule has 0 bridgehead atoms. The molecule has 7 nitrogen and oxygen atoms in total. The molecule has 9 heteroatoms. The number of methoxy groups -OCH3 is 1. The Hall–Kier alpha value is -3.56. The van der Waals surface area contributed by atoms with Crippen LogP contribution in [0.1, 0.15) is 27.6 Å². The lowest BCUT2D eigenvalue weighted by molar-refractivity contribution is -0.117. The molecule has 1 amide bonds. The first-order valence-corrected chi connectivity index (χ1v) is 12.1. The Bertz CT molecular complexity index is 1220. The zero-order valence-corrected chi connectivity index (χ0v) is 20.4. The summed E-state index contributed by atoms with van der Waals surface area (Å²) in [6.07, 6.45) is 0. The van der Waals surface area contributed by atoms with Gasteiger partial charge in [0.2, 0.25) is 5.91 Å². The van der Waals surface area contributed by atoms with Crippen LogP contribution in [0.4, 0.5) is 15.1 Å². The maximum atomic E-state index is 13.3. The number of rotatable bonds is 7. The average molecular weight is 496 g/mol. The van der Waals surface area contributed by atoms with Crippen molar-refractivity contribution >= 4 is 39.7 Å². The number of Topliss-reactive ketones (excluding diaryl/α,β-unsaturated/α-hetero) is 1. The average Bonchev–Trinajstić information content (AvgIpc) is 3.27. The van der Waals surface area contributed by atoms with Crippen LogP contribution >= 0.6 is 11.3 Å². The normalized spacial score (nSPS) is 14.0. The van der Waals surface area contributed by atoms with E-state index in [0.29, 0.717) is 34.8 Å². The fourth-order valence-corrected chi connectivity index (χ4v) is 5.01. The van der Waals surface area contributed by atoms with Crippen LogP contribution in [0.25, 0.3) is 11.1 Å². The predicted octanol–water partition coefficient (Wildman–Crippen LogP) is 4.30. The third-order valence-corrected chi connectivity index (χ3v) is 6.86. The van der Waals surface area contributed by atoms with Gasteiger partial charge in [-0.3, -0.25) is 14.5 Å². The van der Waals surface area contributed by atoms with Gasteiger partial charge in [0.05, 0.1) is 13.7 Å². The number of amides is 1. The third kappa shape index (κ3) is 5.75. The van der Waals surface area contributed by atoms with Gasteiger partial charge in [0.1, 0.15) is 16.4 Å². The lowest BCUT2D eigenvalue weighted by atomic mass is 10.0. The standard InChI is InChI=1S/C26H26FN3O4S/c1-17(31)18-5-9-21(10-6-18)30-13-11-29(12-14-30)15-23(32)28-25-24(26(33)34-2)22(16-35-25)19-3-7-20(27)8-4-19/h3-10,16H,11-15H2,1-2H3,(H,28,32). The smallest absolute Gasteiger partial charge is 0.341 e. The number of hydrogen-bond acceptors (Lipinski definition) is 7. The maximum absolute atomic E-state index is 13.3. The molecule has 1 aliphatic heterocycles. The highest BCUT2D eigenvalue weighted by atomic mass is 32.1. The van der Waals surface area contributed by atoms with Crippen LogP contribution in [0.15, 0.2) is 53.9 Å². The summed E-state index contributed by atoms with van der Waals surface area (Å²) < 4.78 is 18.3. The van der Waals surface area contributed by atoms with Crippen molar-refractivity contribution in [3.8, 4) is 11.1 Å². The Balaban J connectivity index is 1.38. The van der Waals surface area contributed by atoms with Crippen molar-refractivity contribution in [1.82, 2.24) is 4.90 Å². The molecule has 2 heterocycles. The SMILES string of the molecule is COC(=O)c1c(-c2ccc(F)cc2)csc1NC(=O)CN1CCN(c2ccc(C(C)=O)cc2)CC1. The Morgan fingerprint density at radius 3 is 2.26 bits per heavy atom. The van der Waals surface area contributed by atoms with Gasteiger partial charge in [0.25, 0.3) is 0 Å². The molecule has 1 saturated heterocycles. The highest BCUT2D eigenvalue weighted by Gasteiger charge is 2.24. The number of hydrogen-bond donors (Lipinski definition) is 1. The number of carbonyl (C=O) groups excluding carboxylic acids is 3. The topological polar surface area (TPSA) is 79.0 Å². The van der Waals surface area contributed by atoms with Gasteiger partial charge in [-0.15, -0.1) is 11.3 Å². The molecule has 3 aromatic rings. The summed E-state index contributed by atoms with van der Waals surface area (Å²) in [5.74, 6) is -1.12. The molecule has 1 fully saturated rings. The highest BCUT2D eigenvalue weighted by molar-refractivity contribution is 7.15. The zero-order chi connectivity index (χ0) is 24.9. The summed E-state index contributed by atoms with van der Waals surface area (Å²) in [4.78, 5) is 41.0. The number of thiophene rings is 1. The molecular weight excluding hydrogens is 469 g/mol. The fraction of sp³-hybridized carbons (Fsp3) is 0.269. The van der Waals surface area contributed by atoms with E-state index >= 15 is 0 Å². The van der Waals surface area contributed by atoms with E-state index in [9.17, 15) is 18.8 Å². The molecule has 0 saturated carbocycles. The molecule has 0 unspecified atom stereocenters. The summed E-state index contributed by atoms with van der Waals surface area (Å²) in [7, 11) is 1.28. The number of nitrogens with zero attached hydrogens (tertiary/aromatic N) is 2. The largest absolute Gasteiger partial charge is 0.465 e. The molecule has 0 spiro atoms. The molecule has 0 atom stereocenters. The summed E-state index contributed by atoms with van der Waals surface area (Å²) in [6, 6.07) is 13.4. The Morgan fingerprint density at radius 1 is 1.00 bits per heavy atom. The van der Waals surface area contributed by atoms with Crippen molar-refractivity contribution in [2.24, 2.45) is 0 Å². The van der Waals surface area contributed by atoms with E-state index in [1.165, 1.54) is 30.6 Å². The fourth-order valence-electron chi connectivity index (χ4n) is 4.04. The quantitative estimate of drug-likeness (QED) is 0.389. The number of piperazine rings is 1. The lowest BCUT2D eigenvalue weighted by Crippen LogP contribution is -2.48. The van der Waals surface area contributed by atoms with Crippen molar-refractivity contribution in [2.75, 3.05) is 50.1 Å². The van der Waals surface area contributed by atoms with Crippen LogP contribution in [0.3, 0.4) is 0 Å². The van der Waals surface area contributed by atoms with Crippen LogP contribution in [0.5, 0.6) is 0 Å². The minimum atomic E-state index is -0.565. The van der Waals surface area contributed by atoms with Crippen LogP contribution in [0, 0.1) is 5.82 Å². The van der Waals surface area contributed by atoms with E-state index < -0.39 is 5.97 Å². The van der Waals surface area contributed by atoms with Crippen LogP contribution < -0.4 is 10.2 Å². The lowest BCUT2D eigenvalue weighted by Gasteiger charge is -2.35. The number of carbonyl (C=O) groups is 3. The van der Waals surface area contributed by atoms with Gasteiger partial charge >= 0.3 is 5.97 Å². The molecule has 1 N–H and O–H groups in total. The van der Waals surface area contributed by atoms with Crippen molar-refractivity contribution in [2.45, 2.75) is 6.92 Å².